The molecule has 0 aliphatic rings. The lowest BCUT2D eigenvalue weighted by molar-refractivity contribution is 0.0753. The van der Waals surface area contributed by atoms with Gasteiger partial charge in [0.25, 0.3) is 34.7 Å². The number of hydrogen-bond donors (Lipinski definition) is 10. The van der Waals surface area contributed by atoms with Gasteiger partial charge in [-0.2, -0.15) is 0 Å². The van der Waals surface area contributed by atoms with Crippen LogP contribution in [-0.4, -0.2) is 124 Å². The van der Waals surface area contributed by atoms with E-state index in [1.807, 2.05) is 0 Å². The molecule has 0 atom stereocenters. The van der Waals surface area contributed by atoms with E-state index >= 15 is 0 Å². The highest BCUT2D eigenvalue weighted by Gasteiger charge is 2.24. The maximum atomic E-state index is 13.5. The van der Waals surface area contributed by atoms with Gasteiger partial charge in [-0.05, 0) is 24.3 Å². The number of hydrogen-bond acceptors (Lipinski definition) is 13. The molecule has 3 aromatic rings. The number of rotatable bonds is 18. The lowest BCUT2D eigenvalue weighted by Crippen LogP contribution is -2.43. The van der Waals surface area contributed by atoms with E-state index in [0.717, 1.165) is 9.13 Å². The van der Waals surface area contributed by atoms with Crippen LogP contribution in [-0.2, 0) is 14.1 Å². The molecule has 0 saturated heterocycles. The van der Waals surface area contributed by atoms with Gasteiger partial charge in [0.05, 0.1) is 22.3 Å². The van der Waals surface area contributed by atoms with Crippen molar-refractivity contribution in [3.63, 3.8) is 0 Å². The van der Waals surface area contributed by atoms with Gasteiger partial charge in [0, 0.05) is 91.9 Å². The Morgan fingerprint density at radius 2 is 0.980 bits per heavy atom. The van der Waals surface area contributed by atoms with Gasteiger partial charge in [0.15, 0.2) is 23.0 Å². The molecule has 2 heterocycles. The van der Waals surface area contributed by atoms with Crippen LogP contribution in [0.4, 0.5) is 0 Å². The SMILES string of the molecule is Cn1ccc(C(=O)NCCNCCN(CCNCCNC(=O)c2ccn(C)c(=O)c2O)C(=O)c2ccc(C(=O)NCCN)c(O)c2O)c(O)c1=O. The van der Waals surface area contributed by atoms with E-state index in [2.05, 4.69) is 26.6 Å². The molecule has 19 heteroatoms. The maximum Gasteiger partial charge on any atom is 0.293 e. The second-order valence-electron chi connectivity index (χ2n) is 11.2. The molecule has 4 amide bonds. The fourth-order valence-electron chi connectivity index (χ4n) is 4.70. The monoisotopic (exact) mass is 713 g/mol. The van der Waals surface area contributed by atoms with Crippen LogP contribution in [0.5, 0.6) is 23.0 Å². The second kappa shape index (κ2) is 18.7. The van der Waals surface area contributed by atoms with E-state index in [9.17, 15) is 49.2 Å². The fourth-order valence-corrected chi connectivity index (χ4v) is 4.70. The zero-order valence-corrected chi connectivity index (χ0v) is 28.2. The number of carbonyl (C=O) groups is 4. The highest BCUT2D eigenvalue weighted by atomic mass is 16.3. The van der Waals surface area contributed by atoms with E-state index in [-0.39, 0.29) is 87.7 Å². The molecule has 2 aromatic heterocycles. The van der Waals surface area contributed by atoms with Crippen molar-refractivity contribution in [2.45, 2.75) is 0 Å². The fraction of sp³-hybridized carbons (Fsp3) is 0.375. The molecule has 0 aliphatic carbocycles. The number of phenolic OH excluding ortho intramolecular Hbond substituents is 2. The number of phenols is 2. The summed E-state index contributed by atoms with van der Waals surface area (Å²) in [4.78, 5) is 75.8. The number of nitrogens with one attached hydrogen (secondary N) is 5. The third-order valence-corrected chi connectivity index (χ3v) is 7.61. The van der Waals surface area contributed by atoms with Gasteiger partial charge < -0.3 is 66.8 Å². The molecule has 0 saturated carbocycles. The van der Waals surface area contributed by atoms with Gasteiger partial charge in [-0.3, -0.25) is 28.8 Å². The van der Waals surface area contributed by atoms with Crippen LogP contribution in [0.15, 0.2) is 46.2 Å². The summed E-state index contributed by atoms with van der Waals surface area (Å²) in [5.74, 6) is -5.54. The third-order valence-electron chi connectivity index (χ3n) is 7.61. The quantitative estimate of drug-likeness (QED) is 0.0468. The topological polar surface area (TPSA) is 283 Å². The second-order valence-corrected chi connectivity index (χ2v) is 11.2. The Kier molecular flexibility index (Phi) is 14.5. The molecule has 0 aliphatic heterocycles. The average molecular weight is 714 g/mol. The molecule has 0 radical (unpaired) electrons. The van der Waals surface area contributed by atoms with Crippen LogP contribution in [0.25, 0.3) is 0 Å². The van der Waals surface area contributed by atoms with Gasteiger partial charge >= 0.3 is 0 Å². The van der Waals surface area contributed by atoms with Crippen molar-refractivity contribution < 1.29 is 39.6 Å². The number of aromatic nitrogens is 2. The highest BCUT2D eigenvalue weighted by molar-refractivity contribution is 6.03. The van der Waals surface area contributed by atoms with Crippen molar-refractivity contribution in [2.75, 3.05) is 65.4 Å². The minimum atomic E-state index is -0.783. The number of benzene rings is 1. The average Bonchev–Trinajstić information content (AvgIpc) is 3.11. The van der Waals surface area contributed by atoms with E-state index in [0.29, 0.717) is 0 Å². The van der Waals surface area contributed by atoms with Gasteiger partial charge in [0.1, 0.15) is 0 Å². The summed E-state index contributed by atoms with van der Waals surface area (Å²) in [6.45, 7) is 1.66. The first-order chi connectivity index (χ1) is 24.3. The summed E-state index contributed by atoms with van der Waals surface area (Å²) < 4.78 is 2.26. The molecular formula is C32H43N9O10. The minimum absolute atomic E-state index is 0.0991. The van der Waals surface area contributed by atoms with Crippen LogP contribution in [0.1, 0.15) is 41.4 Å². The predicted octanol–water partition coefficient (Wildman–Crippen LogP) is -2.92. The largest absolute Gasteiger partial charge is 0.504 e. The molecule has 51 heavy (non-hydrogen) atoms. The van der Waals surface area contributed by atoms with Gasteiger partial charge in [-0.25, -0.2) is 0 Å². The number of nitrogens with zero attached hydrogens (tertiary/aromatic N) is 3. The van der Waals surface area contributed by atoms with Crippen molar-refractivity contribution in [1.82, 2.24) is 40.6 Å². The van der Waals surface area contributed by atoms with E-state index in [1.54, 1.807) is 0 Å². The summed E-state index contributed by atoms with van der Waals surface area (Å²) in [6.07, 6.45) is 2.71. The molecule has 1 aromatic carbocycles. The van der Waals surface area contributed by atoms with Gasteiger partial charge in [0.2, 0.25) is 0 Å². The molecule has 11 N–H and O–H groups in total. The molecule has 0 bridgehead atoms. The molecule has 3 rings (SSSR count). The Morgan fingerprint density at radius 1 is 0.588 bits per heavy atom. The van der Waals surface area contributed by atoms with Crippen molar-refractivity contribution in [1.29, 1.82) is 0 Å². The van der Waals surface area contributed by atoms with Crippen LogP contribution in [0, 0.1) is 0 Å². The molecule has 0 fully saturated rings. The van der Waals surface area contributed by atoms with Crippen LogP contribution in [0.2, 0.25) is 0 Å². The molecular weight excluding hydrogens is 670 g/mol. The summed E-state index contributed by atoms with van der Waals surface area (Å²) in [7, 11) is 2.87. The number of aryl methyl sites for hydroxylation is 2. The van der Waals surface area contributed by atoms with Crippen molar-refractivity contribution in [2.24, 2.45) is 19.8 Å². The van der Waals surface area contributed by atoms with E-state index in [4.69, 9.17) is 5.73 Å². The normalized spacial score (nSPS) is 10.8. The zero-order chi connectivity index (χ0) is 37.7. The molecule has 0 unspecified atom stereocenters. The Labute approximate surface area is 291 Å². The number of aromatic hydroxyl groups is 4. The summed E-state index contributed by atoms with van der Waals surface area (Å²) in [6, 6.07) is 5.05. The highest BCUT2D eigenvalue weighted by Crippen LogP contribution is 2.33. The van der Waals surface area contributed by atoms with Crippen LogP contribution < -0.4 is 43.4 Å². The van der Waals surface area contributed by atoms with E-state index in [1.165, 1.54) is 55.7 Å². The Bertz CT molecular complexity index is 1770. The van der Waals surface area contributed by atoms with Gasteiger partial charge in [-0.15, -0.1) is 0 Å². The van der Waals surface area contributed by atoms with Crippen LogP contribution >= 0.6 is 0 Å². The maximum absolute atomic E-state index is 13.5. The lowest BCUT2D eigenvalue weighted by Gasteiger charge is -2.24. The van der Waals surface area contributed by atoms with Crippen molar-refractivity contribution in [3.05, 3.63) is 79.6 Å². The first kappa shape index (κ1) is 39.5. The summed E-state index contributed by atoms with van der Waals surface area (Å²) in [5.41, 5.74) is 3.12. The molecule has 19 nitrogen and oxygen atoms in total. The molecule has 276 valence electrons. The van der Waals surface area contributed by atoms with Gasteiger partial charge in [-0.1, -0.05) is 0 Å². The van der Waals surface area contributed by atoms with Crippen LogP contribution in [0.3, 0.4) is 0 Å². The standard InChI is InChI=1S/C32H43N9O10/c1-39-15-5-20(25(44)31(39)50)28(47)37-11-9-34-13-17-41(30(49)22-4-3-19(23(42)24(22)43)27(46)36-8-7-33)18-14-35-10-12-38-29(48)21-6-16-40(2)32(51)26(21)45/h3-6,15-16,34-35,42-45H,7-14,17-18,33H2,1-2H3,(H,36,46)(H,37,47)(H,38,48). The Balaban J connectivity index is 1.59. The molecule has 0 spiro atoms. The van der Waals surface area contributed by atoms with Crippen molar-refractivity contribution >= 4 is 23.6 Å². The smallest absolute Gasteiger partial charge is 0.293 e. The number of carbonyl (C=O) groups excluding carboxylic acids is 4. The zero-order valence-electron chi connectivity index (χ0n) is 28.2. The first-order valence-electron chi connectivity index (χ1n) is 15.9. The van der Waals surface area contributed by atoms with Crippen molar-refractivity contribution in [3.8, 4) is 23.0 Å². The summed E-state index contributed by atoms with van der Waals surface area (Å²) >= 11 is 0. The number of pyridine rings is 2. The minimum Gasteiger partial charge on any atom is -0.504 e. The third kappa shape index (κ3) is 10.3. The lowest BCUT2D eigenvalue weighted by atomic mass is 10.1. The summed E-state index contributed by atoms with van der Waals surface area (Å²) in [5, 5.41) is 54.9. The number of nitrogens with two attached hydrogens (primary N) is 1. The van der Waals surface area contributed by atoms with E-state index < -0.39 is 57.7 Å². The Hall–Kier alpha value is -5.92. The first-order valence-corrected chi connectivity index (χ1v) is 15.9. The number of amides is 4. The Morgan fingerprint density at radius 3 is 1.43 bits per heavy atom. The predicted molar refractivity (Wildman–Crippen MR) is 184 cm³/mol.